The summed E-state index contributed by atoms with van der Waals surface area (Å²) >= 11 is 0. The molecular weight excluding hydrogens is 234 g/mol. The molecule has 1 unspecified atom stereocenters. The zero-order valence-corrected chi connectivity index (χ0v) is 11.8. The Bertz CT molecular complexity index is 293. The molecule has 4 heteroatoms. The van der Waals surface area contributed by atoms with E-state index in [-0.39, 0.29) is 11.8 Å². The van der Waals surface area contributed by atoms with Gasteiger partial charge in [0.25, 0.3) is 0 Å². The topological polar surface area (TPSA) is 60.2 Å². The first-order valence-electron chi connectivity index (χ1n) is 6.90. The van der Waals surface area contributed by atoms with Crippen molar-refractivity contribution in [3.8, 4) is 0 Å². The zero-order valence-electron chi connectivity index (χ0n) is 11.0. The lowest BCUT2D eigenvalue weighted by atomic mass is 9.91. The molecule has 0 aromatic carbocycles. The summed E-state index contributed by atoms with van der Waals surface area (Å²) in [6.45, 7) is 0. The molecule has 1 aliphatic carbocycles. The van der Waals surface area contributed by atoms with E-state index in [1.807, 2.05) is 0 Å². The highest BCUT2D eigenvalue weighted by atomic mass is 32.2. The highest BCUT2D eigenvalue weighted by Gasteiger charge is 2.16. The smallest absolute Gasteiger partial charge is 0.147 e. The minimum absolute atomic E-state index is 0.194. The Morgan fingerprint density at radius 1 is 1.18 bits per heavy atom. The molecule has 1 fully saturated rings. The van der Waals surface area contributed by atoms with Gasteiger partial charge < -0.3 is 5.73 Å². The van der Waals surface area contributed by atoms with Crippen LogP contribution in [0.3, 0.4) is 0 Å². The van der Waals surface area contributed by atoms with E-state index in [4.69, 9.17) is 5.73 Å². The van der Waals surface area contributed by atoms with Crippen LogP contribution in [0, 0.1) is 5.92 Å². The van der Waals surface area contributed by atoms with Gasteiger partial charge in [0.05, 0.1) is 0 Å². The lowest BCUT2D eigenvalue weighted by molar-refractivity contribution is 0.377. The summed E-state index contributed by atoms with van der Waals surface area (Å²) < 4.78 is 22.0. The van der Waals surface area contributed by atoms with Crippen molar-refractivity contribution in [3.05, 3.63) is 0 Å². The van der Waals surface area contributed by atoms with Crippen molar-refractivity contribution >= 4 is 9.84 Å². The maximum atomic E-state index is 11.0. The molecule has 0 amide bonds. The van der Waals surface area contributed by atoms with Crippen molar-refractivity contribution in [2.45, 2.75) is 63.8 Å². The molecule has 3 nitrogen and oxygen atoms in total. The third-order valence-electron chi connectivity index (χ3n) is 3.70. The highest BCUT2D eigenvalue weighted by molar-refractivity contribution is 7.90. The Hall–Kier alpha value is -0.0900. The summed E-state index contributed by atoms with van der Waals surface area (Å²) in [4.78, 5) is 0. The quantitative estimate of drug-likeness (QED) is 0.747. The average Bonchev–Trinajstić information content (AvgIpc) is 2.44. The lowest BCUT2D eigenvalue weighted by Crippen LogP contribution is -2.24. The third kappa shape index (κ3) is 7.77. The van der Waals surface area contributed by atoms with Crippen LogP contribution in [0.5, 0.6) is 0 Å². The van der Waals surface area contributed by atoms with Gasteiger partial charge in [-0.3, -0.25) is 0 Å². The van der Waals surface area contributed by atoms with Crippen LogP contribution >= 0.6 is 0 Å². The maximum Gasteiger partial charge on any atom is 0.147 e. The van der Waals surface area contributed by atoms with Crippen molar-refractivity contribution in [1.82, 2.24) is 0 Å². The molecule has 0 spiro atoms. The second-order valence-corrected chi connectivity index (χ2v) is 7.89. The average molecular weight is 261 g/mol. The van der Waals surface area contributed by atoms with Crippen molar-refractivity contribution in [3.63, 3.8) is 0 Å². The Labute approximate surface area is 106 Å². The van der Waals surface area contributed by atoms with E-state index in [0.29, 0.717) is 6.42 Å². The molecule has 1 saturated carbocycles. The van der Waals surface area contributed by atoms with E-state index in [1.54, 1.807) is 0 Å². The molecule has 1 rings (SSSR count). The monoisotopic (exact) mass is 261 g/mol. The minimum Gasteiger partial charge on any atom is -0.328 e. The first-order valence-corrected chi connectivity index (χ1v) is 8.97. The summed E-state index contributed by atoms with van der Waals surface area (Å²) in [7, 11) is -2.81. The van der Waals surface area contributed by atoms with Crippen LogP contribution in [0.25, 0.3) is 0 Å². The molecule has 0 aliphatic heterocycles. The number of hydrogen-bond donors (Lipinski definition) is 1. The van der Waals surface area contributed by atoms with E-state index in [2.05, 4.69) is 0 Å². The molecule has 102 valence electrons. The molecule has 0 heterocycles. The number of hydrogen-bond acceptors (Lipinski definition) is 3. The number of nitrogens with two attached hydrogens (primary N) is 1. The molecule has 1 atom stereocenters. The summed E-state index contributed by atoms with van der Waals surface area (Å²) in [5.74, 6) is 1.07. The molecule has 0 aromatic rings. The standard InChI is InChI=1S/C13H27NO2S/c1-17(15,16)10-6-9-13(14)11-12-7-4-2-3-5-8-12/h12-13H,2-11,14H2,1H3. The van der Waals surface area contributed by atoms with Gasteiger partial charge in [0.2, 0.25) is 0 Å². The summed E-state index contributed by atoms with van der Waals surface area (Å²) in [6.07, 6.45) is 12.0. The highest BCUT2D eigenvalue weighted by Crippen LogP contribution is 2.26. The van der Waals surface area contributed by atoms with Gasteiger partial charge >= 0.3 is 0 Å². The summed E-state index contributed by atoms with van der Waals surface area (Å²) in [5, 5.41) is 0. The van der Waals surface area contributed by atoms with Gasteiger partial charge in [-0.1, -0.05) is 38.5 Å². The predicted octanol–water partition coefficient (Wildman–Crippen LogP) is 2.50. The van der Waals surface area contributed by atoms with Gasteiger partial charge in [-0.25, -0.2) is 8.42 Å². The van der Waals surface area contributed by atoms with Gasteiger partial charge in [-0.15, -0.1) is 0 Å². The summed E-state index contributed by atoms with van der Waals surface area (Å²) in [5.41, 5.74) is 6.09. The normalized spacial score (nSPS) is 21.1. The number of rotatable bonds is 6. The van der Waals surface area contributed by atoms with Crippen molar-refractivity contribution in [1.29, 1.82) is 0 Å². The molecule has 17 heavy (non-hydrogen) atoms. The molecule has 0 aromatic heterocycles. The van der Waals surface area contributed by atoms with E-state index < -0.39 is 9.84 Å². The van der Waals surface area contributed by atoms with Gasteiger partial charge in [-0.05, 0) is 25.2 Å². The molecule has 0 bridgehead atoms. The van der Waals surface area contributed by atoms with Crippen LogP contribution in [-0.4, -0.2) is 26.5 Å². The predicted molar refractivity (Wildman–Crippen MR) is 72.7 cm³/mol. The molecule has 0 saturated heterocycles. The maximum absolute atomic E-state index is 11.0. The Balaban J connectivity index is 2.17. The van der Waals surface area contributed by atoms with Gasteiger partial charge in [0.1, 0.15) is 9.84 Å². The molecule has 2 N–H and O–H groups in total. The SMILES string of the molecule is CS(=O)(=O)CCCC(N)CC1CCCCCC1. The van der Waals surface area contributed by atoms with Gasteiger partial charge in [0, 0.05) is 18.1 Å². The van der Waals surface area contributed by atoms with Crippen LogP contribution in [0.2, 0.25) is 0 Å². The van der Waals surface area contributed by atoms with Crippen LogP contribution in [0.1, 0.15) is 57.8 Å². The Morgan fingerprint density at radius 2 is 1.76 bits per heavy atom. The second kappa shape index (κ2) is 7.37. The van der Waals surface area contributed by atoms with Crippen LogP contribution in [0.4, 0.5) is 0 Å². The van der Waals surface area contributed by atoms with E-state index in [9.17, 15) is 8.42 Å². The number of sulfone groups is 1. The van der Waals surface area contributed by atoms with Crippen molar-refractivity contribution in [2.24, 2.45) is 11.7 Å². The Morgan fingerprint density at radius 3 is 2.29 bits per heavy atom. The fraction of sp³-hybridized carbons (Fsp3) is 1.00. The fourth-order valence-corrected chi connectivity index (χ4v) is 3.44. The van der Waals surface area contributed by atoms with Crippen LogP contribution in [-0.2, 0) is 9.84 Å². The van der Waals surface area contributed by atoms with Crippen LogP contribution in [0.15, 0.2) is 0 Å². The third-order valence-corrected chi connectivity index (χ3v) is 4.73. The lowest BCUT2D eigenvalue weighted by Gasteiger charge is -2.19. The van der Waals surface area contributed by atoms with E-state index in [1.165, 1.54) is 44.8 Å². The molecule has 0 radical (unpaired) electrons. The van der Waals surface area contributed by atoms with Crippen molar-refractivity contribution in [2.75, 3.05) is 12.0 Å². The largest absolute Gasteiger partial charge is 0.328 e. The van der Waals surface area contributed by atoms with E-state index in [0.717, 1.165) is 18.8 Å². The first-order chi connectivity index (χ1) is 7.97. The minimum atomic E-state index is -2.81. The van der Waals surface area contributed by atoms with E-state index >= 15 is 0 Å². The first kappa shape index (κ1) is 15.0. The Kier molecular flexibility index (Phi) is 6.49. The zero-order chi connectivity index (χ0) is 12.7. The van der Waals surface area contributed by atoms with Gasteiger partial charge in [-0.2, -0.15) is 0 Å². The van der Waals surface area contributed by atoms with Crippen LogP contribution < -0.4 is 5.73 Å². The summed E-state index contributed by atoms with van der Waals surface area (Å²) in [6, 6.07) is 0.194. The molecule has 1 aliphatic rings. The van der Waals surface area contributed by atoms with Gasteiger partial charge in [0.15, 0.2) is 0 Å². The fourth-order valence-electron chi connectivity index (χ4n) is 2.75. The van der Waals surface area contributed by atoms with Crippen molar-refractivity contribution < 1.29 is 8.42 Å². The molecular formula is C13H27NO2S. The second-order valence-electron chi connectivity index (χ2n) is 5.63.